The van der Waals surface area contributed by atoms with Gasteiger partial charge in [-0.05, 0) is 43.5 Å². The van der Waals surface area contributed by atoms with Crippen molar-refractivity contribution >= 4 is 11.7 Å². The van der Waals surface area contributed by atoms with Crippen LogP contribution in [0.3, 0.4) is 0 Å². The van der Waals surface area contributed by atoms with Crippen LogP contribution in [0, 0.1) is 0 Å². The second-order valence-corrected chi connectivity index (χ2v) is 12.7. The second-order valence-electron chi connectivity index (χ2n) is 12.7. The molecule has 250 valence electrons. The highest BCUT2D eigenvalue weighted by Crippen LogP contribution is 2.16. The molecule has 0 heterocycles. The van der Waals surface area contributed by atoms with E-state index in [9.17, 15) is 9.90 Å². The number of phenolic OH excluding ortho intramolecular Hbond substituents is 1. The zero-order chi connectivity index (χ0) is 30.9. The van der Waals surface area contributed by atoms with Crippen LogP contribution in [0.15, 0.2) is 24.3 Å². The van der Waals surface area contributed by atoms with Crippen LogP contribution in [0.1, 0.15) is 180 Å². The summed E-state index contributed by atoms with van der Waals surface area (Å²) in [6.07, 6.45) is 36.8. The van der Waals surface area contributed by atoms with Crippen LogP contribution < -0.4 is 10.6 Å². The van der Waals surface area contributed by atoms with Gasteiger partial charge in [0.1, 0.15) is 5.75 Å². The molecule has 0 unspecified atom stereocenters. The van der Waals surface area contributed by atoms with Crippen LogP contribution >= 0.6 is 0 Å². The number of unbranched alkanes of at least 4 members (excludes halogenated alkanes) is 25. The lowest BCUT2D eigenvalue weighted by molar-refractivity contribution is 0.125. The summed E-state index contributed by atoms with van der Waals surface area (Å²) in [5.41, 5.74) is 0.681. The van der Waals surface area contributed by atoms with Crippen molar-refractivity contribution in [3.63, 3.8) is 0 Å². The van der Waals surface area contributed by atoms with E-state index >= 15 is 0 Å². The van der Waals surface area contributed by atoms with Crippen molar-refractivity contribution in [1.82, 2.24) is 5.32 Å². The summed E-state index contributed by atoms with van der Waals surface area (Å²) in [4.78, 5) is 11.9. The predicted octanol–water partition coefficient (Wildman–Crippen LogP) is 12.1. The Labute approximate surface area is 266 Å². The lowest BCUT2D eigenvalue weighted by Gasteiger charge is -2.08. The first-order valence-electron chi connectivity index (χ1n) is 18.6. The molecule has 0 aliphatic rings. The van der Waals surface area contributed by atoms with Crippen molar-refractivity contribution in [1.29, 1.82) is 0 Å². The minimum atomic E-state index is -0.193. The van der Waals surface area contributed by atoms with Gasteiger partial charge in [-0.25, -0.2) is 4.79 Å². The average Bonchev–Trinajstić information content (AvgIpc) is 3.01. The number of amides is 2. The predicted molar refractivity (Wildman–Crippen MR) is 186 cm³/mol. The summed E-state index contributed by atoms with van der Waals surface area (Å²) in [6, 6.07) is 6.30. The standard InChI is InChI=1S/C38H70N2O3/c1-2-3-4-5-6-7-8-9-10-11-12-13-14-15-16-17-18-21-24-27-34-43-35-28-25-22-19-20-23-26-33-39-38(42)40-36-29-31-37(41)32-30-36/h29-32,41H,2-28,33-35H2,1H3,(H2,39,40,42). The number of carbonyl (C=O) groups is 1. The number of hydrogen-bond acceptors (Lipinski definition) is 3. The van der Waals surface area contributed by atoms with Gasteiger partial charge in [-0.1, -0.05) is 161 Å². The zero-order valence-corrected chi connectivity index (χ0v) is 28.3. The molecule has 0 bridgehead atoms. The molecule has 0 spiro atoms. The van der Waals surface area contributed by atoms with E-state index in [1.165, 1.54) is 161 Å². The summed E-state index contributed by atoms with van der Waals surface area (Å²) in [7, 11) is 0. The average molecular weight is 603 g/mol. The number of aromatic hydroxyl groups is 1. The Hall–Kier alpha value is -1.75. The van der Waals surface area contributed by atoms with E-state index in [0.717, 1.165) is 26.1 Å². The third kappa shape index (κ3) is 28.8. The van der Waals surface area contributed by atoms with Crippen LogP contribution in [0.4, 0.5) is 10.5 Å². The van der Waals surface area contributed by atoms with Crippen molar-refractivity contribution in [2.75, 3.05) is 25.1 Å². The monoisotopic (exact) mass is 603 g/mol. The number of anilines is 1. The Balaban J connectivity index is 1.66. The molecular formula is C38H70N2O3. The molecule has 0 saturated heterocycles. The maximum atomic E-state index is 11.9. The molecule has 0 atom stereocenters. The van der Waals surface area contributed by atoms with Gasteiger partial charge in [-0.3, -0.25) is 0 Å². The summed E-state index contributed by atoms with van der Waals surface area (Å²) in [6.45, 7) is 4.84. The van der Waals surface area contributed by atoms with Gasteiger partial charge in [0.25, 0.3) is 0 Å². The molecular weight excluding hydrogens is 532 g/mol. The van der Waals surface area contributed by atoms with Gasteiger partial charge < -0.3 is 20.5 Å². The molecule has 0 radical (unpaired) electrons. The topological polar surface area (TPSA) is 70.6 Å². The smallest absolute Gasteiger partial charge is 0.319 e. The molecule has 1 rings (SSSR count). The molecule has 0 aromatic heterocycles. The summed E-state index contributed by atoms with van der Waals surface area (Å²) in [5, 5.41) is 14.9. The summed E-state index contributed by atoms with van der Waals surface area (Å²) < 4.78 is 5.84. The minimum absolute atomic E-state index is 0.193. The van der Waals surface area contributed by atoms with Crippen LogP contribution in [0.25, 0.3) is 0 Å². The quantitative estimate of drug-likeness (QED) is 0.0567. The molecule has 0 fully saturated rings. The maximum absolute atomic E-state index is 11.9. The van der Waals surface area contributed by atoms with E-state index in [1.54, 1.807) is 24.3 Å². The van der Waals surface area contributed by atoms with Crippen molar-refractivity contribution < 1.29 is 14.6 Å². The lowest BCUT2D eigenvalue weighted by atomic mass is 10.0. The number of ether oxygens (including phenoxy) is 1. The highest BCUT2D eigenvalue weighted by Gasteiger charge is 2.01. The second kappa shape index (κ2) is 31.7. The number of carbonyl (C=O) groups excluding carboxylic acids is 1. The third-order valence-corrected chi connectivity index (χ3v) is 8.52. The highest BCUT2D eigenvalue weighted by atomic mass is 16.5. The first-order chi connectivity index (χ1) is 21.2. The van der Waals surface area contributed by atoms with E-state index in [0.29, 0.717) is 12.2 Å². The molecule has 0 aliphatic carbocycles. The van der Waals surface area contributed by atoms with Gasteiger partial charge in [-0.15, -0.1) is 0 Å². The minimum Gasteiger partial charge on any atom is -0.508 e. The fourth-order valence-electron chi connectivity index (χ4n) is 5.70. The zero-order valence-electron chi connectivity index (χ0n) is 28.3. The number of nitrogens with one attached hydrogen (secondary N) is 2. The van der Waals surface area contributed by atoms with Crippen molar-refractivity contribution in [3.8, 4) is 5.75 Å². The van der Waals surface area contributed by atoms with E-state index in [1.807, 2.05) is 0 Å². The lowest BCUT2D eigenvalue weighted by Crippen LogP contribution is -2.29. The molecule has 1 aromatic rings. The first kappa shape index (κ1) is 39.3. The van der Waals surface area contributed by atoms with Crippen LogP contribution in [0.2, 0.25) is 0 Å². The van der Waals surface area contributed by atoms with Crippen molar-refractivity contribution in [2.24, 2.45) is 0 Å². The number of rotatable bonds is 32. The van der Waals surface area contributed by atoms with Gasteiger partial charge in [0.15, 0.2) is 0 Å². The van der Waals surface area contributed by atoms with Crippen LogP contribution in [-0.2, 0) is 4.74 Å². The summed E-state index contributed by atoms with van der Waals surface area (Å²) >= 11 is 0. The van der Waals surface area contributed by atoms with Crippen molar-refractivity contribution in [2.45, 2.75) is 180 Å². The number of urea groups is 1. The molecule has 0 saturated carbocycles. The molecule has 5 heteroatoms. The fourth-order valence-corrected chi connectivity index (χ4v) is 5.70. The van der Waals surface area contributed by atoms with E-state index in [2.05, 4.69) is 17.6 Å². The highest BCUT2D eigenvalue weighted by molar-refractivity contribution is 5.89. The maximum Gasteiger partial charge on any atom is 0.319 e. The molecule has 5 nitrogen and oxygen atoms in total. The molecule has 0 aliphatic heterocycles. The largest absolute Gasteiger partial charge is 0.508 e. The van der Waals surface area contributed by atoms with Gasteiger partial charge >= 0.3 is 6.03 Å². The SMILES string of the molecule is CCCCCCCCCCCCCCCCCCCCCCOCCCCCCCCCNC(=O)Nc1ccc(O)cc1. The van der Waals surface area contributed by atoms with Gasteiger partial charge in [-0.2, -0.15) is 0 Å². The Bertz CT molecular complexity index is 710. The first-order valence-corrected chi connectivity index (χ1v) is 18.6. The Morgan fingerprint density at radius 1 is 0.535 bits per heavy atom. The number of hydrogen-bond donors (Lipinski definition) is 3. The molecule has 3 N–H and O–H groups in total. The molecule has 1 aromatic carbocycles. The molecule has 43 heavy (non-hydrogen) atoms. The van der Waals surface area contributed by atoms with E-state index < -0.39 is 0 Å². The fraction of sp³-hybridized carbons (Fsp3) is 0.816. The van der Waals surface area contributed by atoms with Gasteiger partial charge in [0.2, 0.25) is 0 Å². The third-order valence-electron chi connectivity index (χ3n) is 8.52. The van der Waals surface area contributed by atoms with Crippen molar-refractivity contribution in [3.05, 3.63) is 24.3 Å². The van der Waals surface area contributed by atoms with Crippen LogP contribution in [0.5, 0.6) is 5.75 Å². The van der Waals surface area contributed by atoms with Gasteiger partial charge in [0.05, 0.1) is 0 Å². The van der Waals surface area contributed by atoms with E-state index in [4.69, 9.17) is 4.74 Å². The summed E-state index contributed by atoms with van der Waals surface area (Å²) in [5.74, 6) is 0.194. The normalized spacial score (nSPS) is 11.2. The Morgan fingerprint density at radius 2 is 0.884 bits per heavy atom. The van der Waals surface area contributed by atoms with Crippen LogP contribution in [-0.4, -0.2) is 30.9 Å². The van der Waals surface area contributed by atoms with E-state index in [-0.39, 0.29) is 11.8 Å². The van der Waals surface area contributed by atoms with Gasteiger partial charge in [0, 0.05) is 25.4 Å². The number of benzene rings is 1. The number of phenols is 1. The Morgan fingerprint density at radius 3 is 1.28 bits per heavy atom. The molecule has 2 amide bonds. The Kier molecular flexibility index (Phi) is 28.9.